The number of hydrazine groups is 1. The van der Waals surface area contributed by atoms with Gasteiger partial charge in [-0.25, -0.2) is 0 Å². The summed E-state index contributed by atoms with van der Waals surface area (Å²) in [5.74, 6) is 5.76. The van der Waals surface area contributed by atoms with E-state index in [1.165, 1.54) is 29.5 Å². The molecule has 1 aliphatic rings. The van der Waals surface area contributed by atoms with Crippen molar-refractivity contribution in [3.8, 4) is 0 Å². The lowest BCUT2D eigenvalue weighted by molar-refractivity contribution is 0.551. The Kier molecular flexibility index (Phi) is 4.51. The molecular weight excluding hydrogens is 303 g/mol. The number of aryl methyl sites for hydroxylation is 2. The summed E-state index contributed by atoms with van der Waals surface area (Å²) >= 11 is 12.5. The highest BCUT2D eigenvalue weighted by atomic mass is 35.5. The summed E-state index contributed by atoms with van der Waals surface area (Å²) in [5, 5.41) is 1.37. The van der Waals surface area contributed by atoms with Crippen molar-refractivity contribution in [2.75, 3.05) is 0 Å². The summed E-state index contributed by atoms with van der Waals surface area (Å²) < 4.78 is 0. The van der Waals surface area contributed by atoms with Gasteiger partial charge in [0.25, 0.3) is 0 Å². The third-order valence-corrected chi connectivity index (χ3v) is 4.90. The smallest absolute Gasteiger partial charge is 0.0501 e. The van der Waals surface area contributed by atoms with E-state index in [0.29, 0.717) is 16.5 Å². The topological polar surface area (TPSA) is 38.0 Å². The van der Waals surface area contributed by atoms with Gasteiger partial charge in [0.15, 0.2) is 0 Å². The van der Waals surface area contributed by atoms with Crippen LogP contribution in [0.25, 0.3) is 0 Å². The third kappa shape index (κ3) is 3.09. The molecule has 0 aliphatic heterocycles. The van der Waals surface area contributed by atoms with E-state index in [1.807, 2.05) is 18.2 Å². The van der Waals surface area contributed by atoms with Crippen molar-refractivity contribution in [2.24, 2.45) is 5.84 Å². The van der Waals surface area contributed by atoms with Crippen LogP contribution in [0.4, 0.5) is 0 Å². The van der Waals surface area contributed by atoms with Crippen LogP contribution >= 0.6 is 23.2 Å². The minimum absolute atomic E-state index is 0.00769. The maximum Gasteiger partial charge on any atom is 0.0501 e. The summed E-state index contributed by atoms with van der Waals surface area (Å²) in [4.78, 5) is 0. The van der Waals surface area contributed by atoms with Crippen molar-refractivity contribution in [3.63, 3.8) is 0 Å². The molecule has 0 heterocycles. The average molecular weight is 321 g/mol. The van der Waals surface area contributed by atoms with E-state index in [4.69, 9.17) is 29.0 Å². The molecule has 0 radical (unpaired) electrons. The molecule has 2 aromatic rings. The van der Waals surface area contributed by atoms with Gasteiger partial charge in [0.05, 0.1) is 6.04 Å². The minimum atomic E-state index is 0.00769. The Morgan fingerprint density at radius 2 is 1.76 bits per heavy atom. The van der Waals surface area contributed by atoms with Crippen LogP contribution in [-0.2, 0) is 19.3 Å². The molecule has 1 atom stereocenters. The number of nitrogens with one attached hydrogen (secondary N) is 1. The Bertz CT molecular complexity index is 635. The summed E-state index contributed by atoms with van der Waals surface area (Å²) in [5.41, 5.74) is 7.92. The minimum Gasteiger partial charge on any atom is -0.271 e. The zero-order chi connectivity index (χ0) is 14.8. The Hall–Kier alpha value is -1.06. The molecule has 0 aromatic heterocycles. The van der Waals surface area contributed by atoms with E-state index in [0.717, 1.165) is 12.0 Å². The highest BCUT2D eigenvalue weighted by molar-refractivity contribution is 6.36. The standard InChI is InChI=1S/C17H18Cl2N2/c18-15-5-2-6-16(19)14(15)10-17(21-20)13-8-7-11-3-1-4-12(11)9-13/h2,5-9,17,21H,1,3-4,10,20H2. The van der Waals surface area contributed by atoms with Crippen LogP contribution in [0.15, 0.2) is 36.4 Å². The van der Waals surface area contributed by atoms with Crippen LogP contribution in [0.2, 0.25) is 10.0 Å². The molecular formula is C17H18Cl2N2. The van der Waals surface area contributed by atoms with Crippen LogP contribution in [0, 0.1) is 0 Å². The number of rotatable bonds is 4. The zero-order valence-corrected chi connectivity index (χ0v) is 13.2. The molecule has 0 fully saturated rings. The monoisotopic (exact) mass is 320 g/mol. The number of nitrogens with two attached hydrogens (primary N) is 1. The van der Waals surface area contributed by atoms with E-state index in [2.05, 4.69) is 23.6 Å². The molecule has 1 unspecified atom stereocenters. The molecule has 0 bridgehead atoms. The van der Waals surface area contributed by atoms with Gasteiger partial charge in [0.2, 0.25) is 0 Å². The van der Waals surface area contributed by atoms with Crippen molar-refractivity contribution in [1.29, 1.82) is 0 Å². The first-order chi connectivity index (χ1) is 10.2. The Morgan fingerprint density at radius 3 is 2.48 bits per heavy atom. The Balaban J connectivity index is 1.89. The van der Waals surface area contributed by atoms with Gasteiger partial charge >= 0.3 is 0 Å². The number of benzene rings is 2. The fourth-order valence-corrected chi connectivity index (χ4v) is 3.56. The maximum atomic E-state index is 6.26. The van der Waals surface area contributed by atoms with Crippen molar-refractivity contribution >= 4 is 23.2 Å². The van der Waals surface area contributed by atoms with Crippen molar-refractivity contribution in [2.45, 2.75) is 31.7 Å². The van der Waals surface area contributed by atoms with Crippen LogP contribution in [0.5, 0.6) is 0 Å². The van der Waals surface area contributed by atoms with Crippen LogP contribution in [0.3, 0.4) is 0 Å². The molecule has 0 amide bonds. The molecule has 2 nitrogen and oxygen atoms in total. The van der Waals surface area contributed by atoms with E-state index in [1.54, 1.807) is 0 Å². The number of hydrogen-bond acceptors (Lipinski definition) is 2. The summed E-state index contributed by atoms with van der Waals surface area (Å²) in [6.45, 7) is 0. The molecule has 3 N–H and O–H groups in total. The zero-order valence-electron chi connectivity index (χ0n) is 11.7. The first-order valence-corrected chi connectivity index (χ1v) is 7.95. The quantitative estimate of drug-likeness (QED) is 0.653. The molecule has 2 aromatic carbocycles. The van der Waals surface area contributed by atoms with Gasteiger partial charge in [0.1, 0.15) is 0 Å². The number of fused-ring (bicyclic) bond motifs is 1. The van der Waals surface area contributed by atoms with Gasteiger partial charge < -0.3 is 0 Å². The predicted octanol–water partition coefficient (Wildman–Crippen LogP) is 4.23. The lowest BCUT2D eigenvalue weighted by Gasteiger charge is -2.19. The molecule has 0 spiro atoms. The first-order valence-electron chi connectivity index (χ1n) is 7.19. The SMILES string of the molecule is NNC(Cc1c(Cl)cccc1Cl)c1ccc2c(c1)CCC2. The lowest BCUT2D eigenvalue weighted by atomic mass is 9.96. The van der Waals surface area contributed by atoms with Crippen LogP contribution in [-0.4, -0.2) is 0 Å². The second kappa shape index (κ2) is 6.37. The first kappa shape index (κ1) is 14.9. The second-order valence-corrected chi connectivity index (χ2v) is 6.32. The van der Waals surface area contributed by atoms with Gasteiger partial charge in [-0.3, -0.25) is 11.3 Å². The second-order valence-electron chi connectivity index (χ2n) is 5.51. The average Bonchev–Trinajstić information content (AvgIpc) is 2.94. The molecule has 0 saturated carbocycles. The fourth-order valence-electron chi connectivity index (χ4n) is 3.01. The molecule has 0 saturated heterocycles. The van der Waals surface area contributed by atoms with Crippen LogP contribution in [0.1, 0.15) is 34.7 Å². The van der Waals surface area contributed by atoms with Crippen LogP contribution < -0.4 is 11.3 Å². The summed E-state index contributed by atoms with van der Waals surface area (Å²) in [7, 11) is 0. The van der Waals surface area contributed by atoms with E-state index in [9.17, 15) is 0 Å². The Labute approximate surface area is 135 Å². The number of hydrogen-bond donors (Lipinski definition) is 2. The Morgan fingerprint density at radius 1 is 1.05 bits per heavy atom. The van der Waals surface area contributed by atoms with Crippen molar-refractivity contribution < 1.29 is 0 Å². The summed E-state index contributed by atoms with van der Waals surface area (Å²) in [6, 6.07) is 12.2. The maximum absolute atomic E-state index is 6.26. The van der Waals surface area contributed by atoms with E-state index in [-0.39, 0.29) is 6.04 Å². The normalized spacial score (nSPS) is 15.0. The predicted molar refractivity (Wildman–Crippen MR) is 88.7 cm³/mol. The molecule has 3 rings (SSSR count). The van der Waals surface area contributed by atoms with Gasteiger partial charge in [-0.15, -0.1) is 0 Å². The van der Waals surface area contributed by atoms with Crippen molar-refractivity contribution in [1.82, 2.24) is 5.43 Å². The van der Waals surface area contributed by atoms with Gasteiger partial charge in [-0.05, 0) is 60.1 Å². The molecule has 110 valence electrons. The highest BCUT2D eigenvalue weighted by Crippen LogP contribution is 2.31. The van der Waals surface area contributed by atoms with E-state index >= 15 is 0 Å². The molecule has 21 heavy (non-hydrogen) atoms. The van der Waals surface area contributed by atoms with Gasteiger partial charge in [0, 0.05) is 10.0 Å². The lowest BCUT2D eigenvalue weighted by Crippen LogP contribution is -2.29. The fraction of sp³-hybridized carbons (Fsp3) is 0.294. The number of halogens is 2. The molecule has 1 aliphatic carbocycles. The molecule has 4 heteroatoms. The highest BCUT2D eigenvalue weighted by Gasteiger charge is 2.18. The van der Waals surface area contributed by atoms with Gasteiger partial charge in [-0.1, -0.05) is 47.5 Å². The van der Waals surface area contributed by atoms with E-state index < -0.39 is 0 Å². The summed E-state index contributed by atoms with van der Waals surface area (Å²) in [6.07, 6.45) is 4.27. The largest absolute Gasteiger partial charge is 0.271 e. The van der Waals surface area contributed by atoms with Gasteiger partial charge in [-0.2, -0.15) is 0 Å². The van der Waals surface area contributed by atoms with Crippen molar-refractivity contribution in [3.05, 3.63) is 68.7 Å². The third-order valence-electron chi connectivity index (χ3n) is 4.20.